The molecule has 0 spiro atoms. The van der Waals surface area contributed by atoms with Crippen molar-refractivity contribution in [3.63, 3.8) is 0 Å². The van der Waals surface area contributed by atoms with Gasteiger partial charge in [-0.25, -0.2) is 9.59 Å². The molecule has 54 heavy (non-hydrogen) atoms. The van der Waals surface area contributed by atoms with Gasteiger partial charge in [0.25, 0.3) is 5.56 Å². The number of rotatable bonds is 7. The van der Waals surface area contributed by atoms with Gasteiger partial charge in [-0.1, -0.05) is 12.1 Å². The number of nitrogens with zero attached hydrogens (tertiary/aromatic N) is 2. The van der Waals surface area contributed by atoms with Crippen LogP contribution in [0.5, 0.6) is 17.2 Å². The number of carbonyl (C=O) groups excluding carboxylic acids is 2. The number of methoxy groups -OCH3 is 1. The standard InChI is InChI=1S/C37H27N3O14/c1-13-9-18-26(36(50)39(13)11-21(41)40-10-19(37(51)52)38-35(49)14(40)2)32(47)24-16(29(18)44)7-8-17-25(24)33(48)27-28(34(17)53-3)31(46)23-15(30(27)45)5-4-6-20(23)54-12-22(42)43/h4-9,14,19,48H,10-12H2,1-3H3,(H,38,49)(H,42,43)(H,51,52). The Morgan fingerprint density at radius 2 is 1.48 bits per heavy atom. The lowest BCUT2D eigenvalue weighted by Crippen LogP contribution is -2.63. The van der Waals surface area contributed by atoms with Gasteiger partial charge in [0, 0.05) is 38.0 Å². The molecule has 1 fully saturated rings. The molecule has 1 aliphatic rings. The van der Waals surface area contributed by atoms with Gasteiger partial charge in [0.2, 0.25) is 22.7 Å². The number of aromatic nitrogens is 1. The zero-order chi connectivity index (χ0) is 39.1. The lowest BCUT2D eigenvalue weighted by Gasteiger charge is -2.36. The van der Waals surface area contributed by atoms with Gasteiger partial charge in [0.15, 0.2) is 17.5 Å². The van der Waals surface area contributed by atoms with Gasteiger partial charge in [-0.05, 0) is 38.1 Å². The van der Waals surface area contributed by atoms with Gasteiger partial charge in [-0.2, -0.15) is 0 Å². The number of aromatic hydroxyl groups is 1. The first-order valence-electron chi connectivity index (χ1n) is 16.2. The van der Waals surface area contributed by atoms with Crippen molar-refractivity contribution in [1.82, 2.24) is 14.8 Å². The van der Waals surface area contributed by atoms with Crippen LogP contribution in [0.4, 0.5) is 0 Å². The van der Waals surface area contributed by atoms with Crippen molar-refractivity contribution in [2.24, 2.45) is 0 Å². The Bertz CT molecular complexity index is 3020. The second-order valence-electron chi connectivity index (χ2n) is 12.8. The van der Waals surface area contributed by atoms with Gasteiger partial charge in [-0.15, -0.1) is 0 Å². The highest BCUT2D eigenvalue weighted by Gasteiger charge is 2.38. The summed E-state index contributed by atoms with van der Waals surface area (Å²) in [7, 11) is 1.16. The summed E-state index contributed by atoms with van der Waals surface area (Å²) in [5.74, 6) is -5.62. The Hall–Kier alpha value is -7.17. The number of phenolic OH excluding ortho intramolecular Hbond substituents is 1. The van der Waals surface area contributed by atoms with Gasteiger partial charge in [0.05, 0.1) is 35.2 Å². The van der Waals surface area contributed by atoms with E-state index in [4.69, 9.17) is 14.6 Å². The molecule has 1 saturated heterocycles. The van der Waals surface area contributed by atoms with Crippen LogP contribution in [0, 0.1) is 6.92 Å². The van der Waals surface area contributed by atoms with Crippen molar-refractivity contribution in [3.05, 3.63) is 93.3 Å². The second-order valence-corrected chi connectivity index (χ2v) is 12.8. The summed E-state index contributed by atoms with van der Waals surface area (Å²) < 4.78 is 11.8. The highest BCUT2D eigenvalue weighted by molar-refractivity contribution is 6.23. The molecule has 1 aromatic heterocycles. The SMILES string of the molecule is COc1c2ccc3c(=O)c4cc(C)n(CC(=O)N5CC(C(=O)O)NC(=O)C5C)c(=O)c4c(=O)c3c2c(O)c2c(=O)c3cccc(OCC(=O)O)c3c(=O)c12. The fourth-order valence-electron chi connectivity index (χ4n) is 7.23. The highest BCUT2D eigenvalue weighted by Crippen LogP contribution is 2.43. The molecule has 2 atom stereocenters. The molecule has 2 heterocycles. The highest BCUT2D eigenvalue weighted by atomic mass is 16.5. The number of carbonyl (C=O) groups is 4. The topological polar surface area (TPSA) is 253 Å². The lowest BCUT2D eigenvalue weighted by atomic mass is 9.92. The van der Waals surface area contributed by atoms with Crippen LogP contribution in [0.25, 0.3) is 53.9 Å². The number of ether oxygens (including phenoxy) is 2. The van der Waals surface area contributed by atoms with Crippen LogP contribution in [0.2, 0.25) is 0 Å². The summed E-state index contributed by atoms with van der Waals surface area (Å²) in [4.78, 5) is 120. The number of piperazine rings is 1. The molecule has 1 aliphatic heterocycles. The molecule has 274 valence electrons. The lowest BCUT2D eigenvalue weighted by molar-refractivity contribution is -0.151. The van der Waals surface area contributed by atoms with Crippen molar-refractivity contribution in [2.45, 2.75) is 32.5 Å². The minimum Gasteiger partial charge on any atom is -0.506 e. The van der Waals surface area contributed by atoms with E-state index in [1.807, 2.05) is 0 Å². The first-order valence-corrected chi connectivity index (χ1v) is 16.2. The average molecular weight is 738 g/mol. The molecule has 17 nitrogen and oxygen atoms in total. The molecule has 0 saturated carbocycles. The normalized spacial score (nSPS) is 16.0. The molecule has 0 bridgehead atoms. The Labute approximate surface area is 299 Å². The molecule has 0 aliphatic carbocycles. The third-order valence-corrected chi connectivity index (χ3v) is 9.81. The largest absolute Gasteiger partial charge is 0.506 e. The summed E-state index contributed by atoms with van der Waals surface area (Å²) in [6, 6.07) is 5.19. The number of phenols is 1. The zero-order valence-electron chi connectivity index (χ0n) is 28.5. The minimum absolute atomic E-state index is 0.0846. The molecule has 7 rings (SSSR count). The van der Waals surface area contributed by atoms with Crippen molar-refractivity contribution < 1.29 is 44.0 Å². The maximum atomic E-state index is 14.4. The van der Waals surface area contributed by atoms with Crippen LogP contribution < -0.4 is 42.1 Å². The van der Waals surface area contributed by atoms with Crippen LogP contribution in [-0.2, 0) is 25.7 Å². The molecule has 2 unspecified atom stereocenters. The fourth-order valence-corrected chi connectivity index (χ4v) is 7.23. The number of amides is 2. The number of nitrogens with one attached hydrogen (secondary N) is 1. The smallest absolute Gasteiger partial charge is 0.341 e. The van der Waals surface area contributed by atoms with Crippen LogP contribution >= 0.6 is 0 Å². The first-order chi connectivity index (χ1) is 25.6. The van der Waals surface area contributed by atoms with E-state index in [2.05, 4.69) is 5.32 Å². The molecular formula is C37H27N3O14. The van der Waals surface area contributed by atoms with Crippen molar-refractivity contribution in [1.29, 1.82) is 0 Å². The van der Waals surface area contributed by atoms with E-state index in [-0.39, 0.29) is 49.5 Å². The van der Waals surface area contributed by atoms with Crippen molar-refractivity contribution in [3.8, 4) is 17.2 Å². The number of fused-ring (bicyclic) bond motifs is 6. The fraction of sp³-hybridized carbons (Fsp3) is 0.216. The maximum Gasteiger partial charge on any atom is 0.341 e. The number of aryl methyl sites for hydroxylation is 1. The Morgan fingerprint density at radius 3 is 2.15 bits per heavy atom. The molecule has 6 aromatic rings. The molecule has 4 N–H and O–H groups in total. The van der Waals surface area contributed by atoms with Crippen molar-refractivity contribution in [2.75, 3.05) is 20.3 Å². The maximum absolute atomic E-state index is 14.4. The number of pyridine rings is 1. The quantitative estimate of drug-likeness (QED) is 0.126. The number of benzene rings is 5. The van der Waals surface area contributed by atoms with Crippen LogP contribution in [0.1, 0.15) is 12.6 Å². The van der Waals surface area contributed by atoms with E-state index < -0.39 is 110 Å². The third-order valence-electron chi connectivity index (χ3n) is 9.81. The second kappa shape index (κ2) is 12.5. The van der Waals surface area contributed by atoms with Gasteiger partial charge < -0.3 is 39.6 Å². The van der Waals surface area contributed by atoms with Gasteiger partial charge in [-0.3, -0.25) is 33.6 Å². The van der Waals surface area contributed by atoms with E-state index in [0.717, 1.165) is 16.6 Å². The molecule has 17 heteroatoms. The molecule has 0 radical (unpaired) electrons. The molecule has 2 amide bonds. The van der Waals surface area contributed by atoms with E-state index in [9.17, 15) is 53.4 Å². The summed E-state index contributed by atoms with van der Waals surface area (Å²) >= 11 is 0. The number of aliphatic carboxylic acids is 2. The van der Waals surface area contributed by atoms with Crippen LogP contribution in [-0.4, -0.2) is 80.9 Å². The Morgan fingerprint density at radius 1 is 0.815 bits per heavy atom. The van der Waals surface area contributed by atoms with Crippen molar-refractivity contribution >= 4 is 77.6 Å². The monoisotopic (exact) mass is 737 g/mol. The van der Waals surface area contributed by atoms with Gasteiger partial charge >= 0.3 is 11.9 Å². The van der Waals surface area contributed by atoms with E-state index in [0.29, 0.717) is 0 Å². The minimum atomic E-state index is -1.40. The Kier molecular flexibility index (Phi) is 8.16. The summed E-state index contributed by atoms with van der Waals surface area (Å²) in [6.07, 6.45) is 0. The predicted molar refractivity (Wildman–Crippen MR) is 193 cm³/mol. The average Bonchev–Trinajstić information content (AvgIpc) is 3.13. The summed E-state index contributed by atoms with van der Waals surface area (Å²) in [5.41, 5.74) is -4.60. The molecule has 5 aromatic carbocycles. The Balaban J connectivity index is 1.52. The van der Waals surface area contributed by atoms with E-state index in [1.54, 1.807) is 0 Å². The van der Waals surface area contributed by atoms with Crippen LogP contribution in [0.3, 0.4) is 0 Å². The third kappa shape index (κ3) is 5.03. The van der Waals surface area contributed by atoms with E-state index >= 15 is 0 Å². The number of carboxylic acids is 2. The number of hydrogen-bond acceptors (Lipinski definition) is 12. The molecular weight excluding hydrogens is 710 g/mol. The summed E-state index contributed by atoms with van der Waals surface area (Å²) in [5, 5.41) is 29.0. The number of hydrogen-bond donors (Lipinski definition) is 4. The zero-order valence-corrected chi connectivity index (χ0v) is 28.5. The first kappa shape index (κ1) is 35.2. The van der Waals surface area contributed by atoms with Gasteiger partial charge in [0.1, 0.15) is 35.9 Å². The van der Waals surface area contributed by atoms with Crippen LogP contribution in [0.15, 0.2) is 60.4 Å². The number of carboxylic acid groups (broad SMARTS) is 2. The summed E-state index contributed by atoms with van der Waals surface area (Å²) in [6.45, 7) is 0.831. The predicted octanol–water partition coefficient (Wildman–Crippen LogP) is 0.217. The van der Waals surface area contributed by atoms with E-state index in [1.165, 1.54) is 50.2 Å².